The number of benzene rings is 2. The first kappa shape index (κ1) is 16.9. The molecule has 2 rings (SSSR count). The summed E-state index contributed by atoms with van der Waals surface area (Å²) in [5.74, 6) is 0.660. The van der Waals surface area contributed by atoms with Gasteiger partial charge in [0.15, 0.2) is 0 Å². The largest absolute Gasteiger partial charge is 0.492 e. The Morgan fingerprint density at radius 1 is 1.00 bits per heavy atom. The van der Waals surface area contributed by atoms with Crippen molar-refractivity contribution in [3.05, 3.63) is 54.1 Å². The molecule has 23 heavy (non-hydrogen) atoms. The summed E-state index contributed by atoms with van der Waals surface area (Å²) in [6.07, 6.45) is 0. The summed E-state index contributed by atoms with van der Waals surface area (Å²) >= 11 is 0. The average molecular weight is 312 g/mol. The minimum Gasteiger partial charge on any atom is -0.492 e. The van der Waals surface area contributed by atoms with Crippen LogP contribution >= 0.6 is 0 Å². The number of nitrogens with one attached hydrogen (secondary N) is 2. The number of urea groups is 1. The quantitative estimate of drug-likeness (QED) is 0.832. The number of carbonyl (C=O) groups excluding carboxylic acids is 1. The second-order valence-electron chi connectivity index (χ2n) is 6.34. The van der Waals surface area contributed by atoms with E-state index in [4.69, 9.17) is 4.74 Å². The second-order valence-corrected chi connectivity index (χ2v) is 6.34. The van der Waals surface area contributed by atoms with Crippen LogP contribution in [0.2, 0.25) is 0 Å². The van der Waals surface area contributed by atoms with E-state index in [0.717, 1.165) is 5.69 Å². The highest BCUT2D eigenvalue weighted by molar-refractivity contribution is 6.00. The topological polar surface area (TPSA) is 50.4 Å². The van der Waals surface area contributed by atoms with Gasteiger partial charge in [0, 0.05) is 5.69 Å². The molecular weight excluding hydrogens is 288 g/mol. The van der Waals surface area contributed by atoms with Gasteiger partial charge in [-0.2, -0.15) is 0 Å². The van der Waals surface area contributed by atoms with Gasteiger partial charge in [-0.1, -0.05) is 45.0 Å². The Morgan fingerprint density at radius 2 is 1.65 bits per heavy atom. The molecular formula is C19H24N2O2. The van der Waals surface area contributed by atoms with Crippen molar-refractivity contribution in [2.45, 2.75) is 33.1 Å². The number of hydrogen-bond acceptors (Lipinski definition) is 2. The van der Waals surface area contributed by atoms with E-state index in [2.05, 4.69) is 31.4 Å². The molecule has 0 saturated heterocycles. The molecule has 0 bridgehead atoms. The van der Waals surface area contributed by atoms with Crippen molar-refractivity contribution in [1.82, 2.24) is 0 Å². The van der Waals surface area contributed by atoms with Crippen LogP contribution in [0.4, 0.5) is 16.2 Å². The van der Waals surface area contributed by atoms with Gasteiger partial charge in [-0.3, -0.25) is 0 Å². The number of carbonyl (C=O) groups is 1. The molecule has 0 heterocycles. The summed E-state index contributed by atoms with van der Waals surface area (Å²) in [7, 11) is 0. The molecule has 4 heteroatoms. The lowest BCUT2D eigenvalue weighted by molar-refractivity contribution is 0.262. The van der Waals surface area contributed by atoms with Crippen molar-refractivity contribution in [1.29, 1.82) is 0 Å². The van der Waals surface area contributed by atoms with Gasteiger partial charge in [-0.15, -0.1) is 0 Å². The van der Waals surface area contributed by atoms with Crippen molar-refractivity contribution in [3.8, 4) is 5.75 Å². The molecule has 0 atom stereocenters. The van der Waals surface area contributed by atoms with Gasteiger partial charge < -0.3 is 15.4 Å². The van der Waals surface area contributed by atoms with Crippen molar-refractivity contribution in [3.63, 3.8) is 0 Å². The van der Waals surface area contributed by atoms with Crippen LogP contribution in [0.1, 0.15) is 33.3 Å². The first-order chi connectivity index (χ1) is 10.9. The van der Waals surface area contributed by atoms with Crippen LogP contribution in [-0.4, -0.2) is 12.6 Å². The summed E-state index contributed by atoms with van der Waals surface area (Å²) in [4.78, 5) is 12.1. The lowest BCUT2D eigenvalue weighted by atomic mass is 9.87. The molecule has 0 radical (unpaired) electrons. The minimum atomic E-state index is -0.291. The third-order valence-electron chi connectivity index (χ3n) is 3.44. The summed E-state index contributed by atoms with van der Waals surface area (Å²) < 4.78 is 5.50. The van der Waals surface area contributed by atoms with E-state index < -0.39 is 0 Å². The molecule has 0 aromatic heterocycles. The monoisotopic (exact) mass is 312 g/mol. The first-order valence-corrected chi connectivity index (χ1v) is 7.80. The summed E-state index contributed by atoms with van der Waals surface area (Å²) in [6, 6.07) is 15.0. The lowest BCUT2D eigenvalue weighted by Crippen LogP contribution is -2.20. The summed E-state index contributed by atoms with van der Waals surface area (Å²) in [5.41, 5.74) is 2.73. The van der Waals surface area contributed by atoms with E-state index in [1.54, 1.807) is 0 Å². The standard InChI is InChI=1S/C19H24N2O2/c1-5-23-17-9-7-6-8-16(17)21-18(22)20-15-12-10-14(11-13-15)19(2,3)4/h6-13H,5H2,1-4H3,(H2,20,21,22). The molecule has 0 aliphatic carbocycles. The van der Waals surface area contributed by atoms with E-state index in [-0.39, 0.29) is 11.4 Å². The Balaban J connectivity index is 2.03. The highest BCUT2D eigenvalue weighted by Gasteiger charge is 2.13. The van der Waals surface area contributed by atoms with Crippen LogP contribution in [0.3, 0.4) is 0 Å². The molecule has 2 aromatic carbocycles. The molecule has 0 fully saturated rings. The van der Waals surface area contributed by atoms with E-state index in [9.17, 15) is 4.79 Å². The first-order valence-electron chi connectivity index (χ1n) is 7.80. The smallest absolute Gasteiger partial charge is 0.323 e. The number of ether oxygens (including phenoxy) is 1. The number of anilines is 2. The van der Waals surface area contributed by atoms with E-state index in [1.807, 2.05) is 55.5 Å². The summed E-state index contributed by atoms with van der Waals surface area (Å²) in [5, 5.41) is 5.65. The van der Waals surface area contributed by atoms with E-state index in [1.165, 1.54) is 5.56 Å². The molecule has 0 aliphatic heterocycles. The summed E-state index contributed by atoms with van der Waals surface area (Å²) in [6.45, 7) is 8.94. The van der Waals surface area contributed by atoms with Gasteiger partial charge in [0.05, 0.1) is 12.3 Å². The molecule has 0 saturated carbocycles. The van der Waals surface area contributed by atoms with Crippen molar-refractivity contribution in [2.75, 3.05) is 17.2 Å². The van der Waals surface area contributed by atoms with Gasteiger partial charge in [0.2, 0.25) is 0 Å². The van der Waals surface area contributed by atoms with Crippen LogP contribution in [-0.2, 0) is 5.41 Å². The fraction of sp³-hybridized carbons (Fsp3) is 0.316. The van der Waals surface area contributed by atoms with Crippen LogP contribution < -0.4 is 15.4 Å². The normalized spacial score (nSPS) is 11.0. The zero-order chi connectivity index (χ0) is 16.9. The predicted molar refractivity (Wildman–Crippen MR) is 95.4 cm³/mol. The molecule has 2 N–H and O–H groups in total. The zero-order valence-corrected chi connectivity index (χ0v) is 14.1. The van der Waals surface area contributed by atoms with Gasteiger partial charge >= 0.3 is 6.03 Å². The average Bonchev–Trinajstić information content (AvgIpc) is 2.49. The van der Waals surface area contributed by atoms with Crippen molar-refractivity contribution < 1.29 is 9.53 Å². The molecule has 0 spiro atoms. The number of para-hydroxylation sites is 2. The van der Waals surface area contributed by atoms with E-state index >= 15 is 0 Å². The Bertz CT molecular complexity index is 658. The molecule has 4 nitrogen and oxygen atoms in total. The van der Waals surface area contributed by atoms with Crippen molar-refractivity contribution in [2.24, 2.45) is 0 Å². The van der Waals surface area contributed by atoms with Gasteiger partial charge in [-0.05, 0) is 42.2 Å². The highest BCUT2D eigenvalue weighted by atomic mass is 16.5. The number of rotatable bonds is 4. The number of hydrogen-bond donors (Lipinski definition) is 2. The third-order valence-corrected chi connectivity index (χ3v) is 3.44. The third kappa shape index (κ3) is 4.74. The number of amides is 2. The highest BCUT2D eigenvalue weighted by Crippen LogP contribution is 2.25. The Labute approximate surface area is 137 Å². The van der Waals surface area contributed by atoms with Crippen LogP contribution in [0.15, 0.2) is 48.5 Å². The molecule has 0 aliphatic rings. The van der Waals surface area contributed by atoms with Crippen LogP contribution in [0.5, 0.6) is 5.75 Å². The van der Waals surface area contributed by atoms with Gasteiger partial charge in [0.25, 0.3) is 0 Å². The Kier molecular flexibility index (Phi) is 5.27. The molecule has 0 unspecified atom stereocenters. The zero-order valence-electron chi connectivity index (χ0n) is 14.1. The van der Waals surface area contributed by atoms with Gasteiger partial charge in [-0.25, -0.2) is 4.79 Å². The maximum absolute atomic E-state index is 12.1. The lowest BCUT2D eigenvalue weighted by Gasteiger charge is -2.19. The predicted octanol–water partition coefficient (Wildman–Crippen LogP) is 5.03. The SMILES string of the molecule is CCOc1ccccc1NC(=O)Nc1ccc(C(C)(C)C)cc1. The molecule has 2 aromatic rings. The van der Waals surface area contributed by atoms with Crippen LogP contribution in [0.25, 0.3) is 0 Å². The Hall–Kier alpha value is -2.49. The van der Waals surface area contributed by atoms with E-state index in [0.29, 0.717) is 18.0 Å². The fourth-order valence-corrected chi connectivity index (χ4v) is 2.19. The molecule has 122 valence electrons. The minimum absolute atomic E-state index is 0.0945. The second kappa shape index (κ2) is 7.18. The van der Waals surface area contributed by atoms with Crippen LogP contribution in [0, 0.1) is 0 Å². The molecule has 2 amide bonds. The maximum atomic E-state index is 12.1. The fourth-order valence-electron chi connectivity index (χ4n) is 2.19. The maximum Gasteiger partial charge on any atom is 0.323 e. The Morgan fingerprint density at radius 3 is 2.26 bits per heavy atom. The van der Waals surface area contributed by atoms with Crippen molar-refractivity contribution >= 4 is 17.4 Å². The van der Waals surface area contributed by atoms with Gasteiger partial charge in [0.1, 0.15) is 5.75 Å².